The molecule has 0 N–H and O–H groups in total. The monoisotopic (exact) mass is 212 g/mol. The smallest absolute Gasteiger partial charge is 0.293 e. The van der Waals surface area contributed by atoms with Crippen molar-refractivity contribution < 1.29 is 9.53 Å². The highest BCUT2D eigenvalue weighted by atomic mass is 16.5. The SMILES string of the molecule is CCCC(OC=O)C1CCC(C)CC1C. The zero-order chi connectivity index (χ0) is 11.3. The summed E-state index contributed by atoms with van der Waals surface area (Å²) in [6, 6.07) is 0. The van der Waals surface area contributed by atoms with Gasteiger partial charge in [-0.1, -0.05) is 33.6 Å². The van der Waals surface area contributed by atoms with E-state index in [2.05, 4.69) is 20.8 Å². The average Bonchev–Trinajstić information content (AvgIpc) is 2.17. The molecule has 0 radical (unpaired) electrons. The highest BCUT2D eigenvalue weighted by molar-refractivity contribution is 5.37. The fourth-order valence-electron chi connectivity index (χ4n) is 2.98. The fourth-order valence-corrected chi connectivity index (χ4v) is 2.98. The van der Waals surface area contributed by atoms with E-state index >= 15 is 0 Å². The van der Waals surface area contributed by atoms with Crippen LogP contribution in [-0.2, 0) is 9.53 Å². The number of carbonyl (C=O) groups excluding carboxylic acids is 1. The highest BCUT2D eigenvalue weighted by Gasteiger charge is 2.32. The molecule has 2 heteroatoms. The van der Waals surface area contributed by atoms with Gasteiger partial charge in [0, 0.05) is 0 Å². The molecule has 15 heavy (non-hydrogen) atoms. The summed E-state index contributed by atoms with van der Waals surface area (Å²) in [5, 5.41) is 0. The Morgan fingerprint density at radius 2 is 2.13 bits per heavy atom. The van der Waals surface area contributed by atoms with Gasteiger partial charge in [-0.3, -0.25) is 4.79 Å². The molecular weight excluding hydrogens is 188 g/mol. The summed E-state index contributed by atoms with van der Waals surface area (Å²) in [6.07, 6.45) is 6.07. The van der Waals surface area contributed by atoms with Crippen LogP contribution in [0.1, 0.15) is 52.9 Å². The molecule has 0 amide bonds. The normalized spacial score (nSPS) is 33.4. The van der Waals surface area contributed by atoms with Gasteiger partial charge in [0.2, 0.25) is 0 Å². The van der Waals surface area contributed by atoms with Crippen molar-refractivity contribution in [3.8, 4) is 0 Å². The maximum atomic E-state index is 10.5. The Bertz CT molecular complexity index is 191. The summed E-state index contributed by atoms with van der Waals surface area (Å²) >= 11 is 0. The molecule has 4 unspecified atom stereocenters. The van der Waals surface area contributed by atoms with Gasteiger partial charge in [-0.25, -0.2) is 0 Å². The van der Waals surface area contributed by atoms with Gasteiger partial charge in [0.25, 0.3) is 6.47 Å². The minimum atomic E-state index is 0.162. The second-order valence-corrected chi connectivity index (χ2v) is 5.12. The lowest BCUT2D eigenvalue weighted by Crippen LogP contribution is -2.33. The predicted octanol–water partition coefficient (Wildman–Crippen LogP) is 3.40. The van der Waals surface area contributed by atoms with Gasteiger partial charge in [-0.05, 0) is 37.0 Å². The number of carbonyl (C=O) groups is 1. The van der Waals surface area contributed by atoms with Crippen LogP contribution in [0.3, 0.4) is 0 Å². The molecule has 1 aliphatic carbocycles. The standard InChI is InChI=1S/C13H24O2/c1-4-5-13(15-9-14)12-7-6-10(2)8-11(12)3/h9-13H,4-8H2,1-3H3. The lowest BCUT2D eigenvalue weighted by Gasteiger charge is -2.36. The van der Waals surface area contributed by atoms with Crippen molar-refractivity contribution in [3.63, 3.8) is 0 Å². The third kappa shape index (κ3) is 3.51. The van der Waals surface area contributed by atoms with Gasteiger partial charge in [-0.2, -0.15) is 0 Å². The van der Waals surface area contributed by atoms with Crippen LogP contribution in [0.2, 0.25) is 0 Å². The van der Waals surface area contributed by atoms with E-state index in [-0.39, 0.29) is 6.10 Å². The molecule has 0 spiro atoms. The maximum absolute atomic E-state index is 10.5. The topological polar surface area (TPSA) is 26.3 Å². The van der Waals surface area contributed by atoms with Crippen LogP contribution in [0.4, 0.5) is 0 Å². The Kier molecular flexibility index (Phi) is 5.13. The minimum Gasteiger partial charge on any atom is -0.464 e. The molecule has 4 atom stereocenters. The van der Waals surface area contributed by atoms with Crippen molar-refractivity contribution in [2.75, 3.05) is 0 Å². The van der Waals surface area contributed by atoms with E-state index in [1.807, 2.05) is 0 Å². The van der Waals surface area contributed by atoms with Gasteiger partial charge in [0.05, 0.1) is 0 Å². The summed E-state index contributed by atoms with van der Waals surface area (Å²) in [5.74, 6) is 2.13. The first kappa shape index (κ1) is 12.5. The van der Waals surface area contributed by atoms with E-state index in [4.69, 9.17) is 4.74 Å². The molecular formula is C13H24O2. The molecule has 0 aromatic heterocycles. The molecule has 0 aromatic carbocycles. The van der Waals surface area contributed by atoms with Crippen molar-refractivity contribution in [1.82, 2.24) is 0 Å². The highest BCUT2D eigenvalue weighted by Crippen LogP contribution is 2.37. The quantitative estimate of drug-likeness (QED) is 0.653. The molecule has 1 fully saturated rings. The number of rotatable bonds is 5. The zero-order valence-corrected chi connectivity index (χ0v) is 10.2. The summed E-state index contributed by atoms with van der Waals surface area (Å²) in [5.41, 5.74) is 0. The summed E-state index contributed by atoms with van der Waals surface area (Å²) in [4.78, 5) is 10.5. The van der Waals surface area contributed by atoms with Crippen LogP contribution >= 0.6 is 0 Å². The van der Waals surface area contributed by atoms with E-state index in [0.717, 1.165) is 18.8 Å². The van der Waals surface area contributed by atoms with Crippen molar-refractivity contribution >= 4 is 6.47 Å². The van der Waals surface area contributed by atoms with E-state index in [9.17, 15) is 4.79 Å². The van der Waals surface area contributed by atoms with Crippen molar-refractivity contribution in [3.05, 3.63) is 0 Å². The second-order valence-electron chi connectivity index (χ2n) is 5.12. The molecule has 0 bridgehead atoms. The van der Waals surface area contributed by atoms with Gasteiger partial charge in [0.1, 0.15) is 6.10 Å². The van der Waals surface area contributed by atoms with Crippen LogP contribution in [0.15, 0.2) is 0 Å². The van der Waals surface area contributed by atoms with Crippen molar-refractivity contribution in [1.29, 1.82) is 0 Å². The largest absolute Gasteiger partial charge is 0.464 e. The Morgan fingerprint density at radius 1 is 1.40 bits per heavy atom. The molecule has 1 aliphatic rings. The summed E-state index contributed by atoms with van der Waals surface area (Å²) in [7, 11) is 0. The fraction of sp³-hybridized carbons (Fsp3) is 0.923. The molecule has 0 aromatic rings. The second kappa shape index (κ2) is 6.14. The average molecular weight is 212 g/mol. The van der Waals surface area contributed by atoms with E-state index < -0.39 is 0 Å². The van der Waals surface area contributed by atoms with Gasteiger partial charge >= 0.3 is 0 Å². The molecule has 2 nitrogen and oxygen atoms in total. The minimum absolute atomic E-state index is 0.162. The van der Waals surface area contributed by atoms with Crippen LogP contribution in [0.25, 0.3) is 0 Å². The first-order valence-corrected chi connectivity index (χ1v) is 6.28. The zero-order valence-electron chi connectivity index (χ0n) is 10.2. The lowest BCUT2D eigenvalue weighted by atomic mass is 9.72. The molecule has 88 valence electrons. The first-order valence-electron chi connectivity index (χ1n) is 6.28. The van der Waals surface area contributed by atoms with Crippen LogP contribution in [0.5, 0.6) is 0 Å². The Morgan fingerprint density at radius 3 is 2.67 bits per heavy atom. The molecule has 0 aliphatic heterocycles. The first-order chi connectivity index (χ1) is 7.19. The molecule has 1 saturated carbocycles. The third-order valence-corrected chi connectivity index (χ3v) is 3.78. The van der Waals surface area contributed by atoms with Crippen LogP contribution in [-0.4, -0.2) is 12.6 Å². The Hall–Kier alpha value is -0.530. The Balaban J connectivity index is 2.53. The van der Waals surface area contributed by atoms with Crippen LogP contribution in [0, 0.1) is 17.8 Å². The third-order valence-electron chi connectivity index (χ3n) is 3.78. The molecule has 0 heterocycles. The summed E-state index contributed by atoms with van der Waals surface area (Å²) in [6.45, 7) is 7.40. The van der Waals surface area contributed by atoms with E-state index in [0.29, 0.717) is 18.3 Å². The maximum Gasteiger partial charge on any atom is 0.293 e. The van der Waals surface area contributed by atoms with Crippen molar-refractivity contribution in [2.24, 2.45) is 17.8 Å². The number of ether oxygens (including phenoxy) is 1. The number of hydrogen-bond donors (Lipinski definition) is 0. The molecule has 0 saturated heterocycles. The Labute approximate surface area is 93.4 Å². The van der Waals surface area contributed by atoms with Gasteiger partial charge in [-0.15, -0.1) is 0 Å². The van der Waals surface area contributed by atoms with E-state index in [1.165, 1.54) is 19.3 Å². The number of hydrogen-bond acceptors (Lipinski definition) is 2. The lowest BCUT2D eigenvalue weighted by molar-refractivity contribution is -0.138. The van der Waals surface area contributed by atoms with Gasteiger partial charge < -0.3 is 4.74 Å². The van der Waals surface area contributed by atoms with Gasteiger partial charge in [0.15, 0.2) is 0 Å². The van der Waals surface area contributed by atoms with E-state index in [1.54, 1.807) is 0 Å². The van der Waals surface area contributed by atoms with Crippen molar-refractivity contribution in [2.45, 2.75) is 59.0 Å². The molecule has 1 rings (SSSR count). The predicted molar refractivity (Wildman–Crippen MR) is 61.5 cm³/mol. The summed E-state index contributed by atoms with van der Waals surface area (Å²) < 4.78 is 5.25. The van der Waals surface area contributed by atoms with Crippen LogP contribution < -0.4 is 0 Å².